The zero-order valence-corrected chi connectivity index (χ0v) is 16.0. The van der Waals surface area contributed by atoms with E-state index in [0.717, 1.165) is 12.5 Å². The summed E-state index contributed by atoms with van der Waals surface area (Å²) in [5.41, 5.74) is 9.19. The lowest BCUT2D eigenvalue weighted by atomic mass is 10.0. The maximum Gasteiger partial charge on any atom is 0.434 e. The Morgan fingerprint density at radius 1 is 1.14 bits per heavy atom. The van der Waals surface area contributed by atoms with Gasteiger partial charge in [-0.15, -0.1) is 0 Å². The van der Waals surface area contributed by atoms with Crippen LogP contribution in [0.1, 0.15) is 11.5 Å². The number of alkyl halides is 3. The van der Waals surface area contributed by atoms with Crippen LogP contribution >= 0.6 is 0 Å². The van der Waals surface area contributed by atoms with E-state index in [1.165, 1.54) is 35.8 Å². The number of nitrogens with zero attached hydrogens (tertiary/aromatic N) is 5. The Labute approximate surface area is 164 Å². The molecular formula is C18H14F3N5O2S. The lowest BCUT2D eigenvalue weighted by Gasteiger charge is -2.11. The first-order valence-corrected chi connectivity index (χ1v) is 10.0. The van der Waals surface area contributed by atoms with Gasteiger partial charge in [-0.1, -0.05) is 23.3 Å². The Hall–Kier alpha value is -3.30. The Morgan fingerprint density at radius 2 is 1.83 bits per heavy atom. The summed E-state index contributed by atoms with van der Waals surface area (Å²) >= 11 is 0. The van der Waals surface area contributed by atoms with Crippen molar-refractivity contribution in [1.29, 1.82) is 0 Å². The second-order valence-electron chi connectivity index (χ2n) is 6.23. The van der Waals surface area contributed by atoms with Crippen LogP contribution in [0.3, 0.4) is 0 Å². The first-order valence-electron chi connectivity index (χ1n) is 8.14. The summed E-state index contributed by atoms with van der Waals surface area (Å²) in [4.78, 5) is 6.37. The van der Waals surface area contributed by atoms with Gasteiger partial charge in [0.25, 0.3) is 0 Å². The van der Waals surface area contributed by atoms with E-state index in [1.54, 1.807) is 18.2 Å². The van der Waals surface area contributed by atoms with E-state index in [1.807, 2.05) is 0 Å². The Kier molecular flexibility index (Phi) is 5.12. The first-order chi connectivity index (χ1) is 13.5. The molecule has 0 unspecified atom stereocenters. The number of aromatic nitrogens is 2. The van der Waals surface area contributed by atoms with Gasteiger partial charge in [-0.25, -0.2) is 13.4 Å². The maximum absolute atomic E-state index is 13.0. The molecule has 150 valence electrons. The van der Waals surface area contributed by atoms with Crippen LogP contribution in [0, 0.1) is 6.92 Å². The molecule has 0 atom stereocenters. The van der Waals surface area contributed by atoms with Crippen molar-refractivity contribution in [3.8, 4) is 16.8 Å². The monoisotopic (exact) mass is 421 g/mol. The van der Waals surface area contributed by atoms with E-state index in [9.17, 15) is 21.6 Å². The lowest BCUT2D eigenvalue weighted by molar-refractivity contribution is -0.141. The fraction of sp³-hybridized carbons (Fsp3) is 0.167. The highest BCUT2D eigenvalue weighted by Crippen LogP contribution is 2.34. The Balaban J connectivity index is 2.15. The number of rotatable bonds is 4. The van der Waals surface area contributed by atoms with Crippen molar-refractivity contribution in [2.45, 2.75) is 18.0 Å². The predicted molar refractivity (Wildman–Crippen MR) is 101 cm³/mol. The number of sulfone groups is 1. The van der Waals surface area contributed by atoms with Gasteiger partial charge in [0.1, 0.15) is 5.82 Å². The molecule has 2 aromatic carbocycles. The molecule has 0 aliphatic rings. The van der Waals surface area contributed by atoms with Gasteiger partial charge in [0.2, 0.25) is 0 Å². The van der Waals surface area contributed by atoms with Gasteiger partial charge in [-0.2, -0.15) is 13.2 Å². The summed E-state index contributed by atoms with van der Waals surface area (Å²) in [6, 6.07) is 10.7. The van der Waals surface area contributed by atoms with Gasteiger partial charge < -0.3 is 4.57 Å². The highest BCUT2D eigenvalue weighted by molar-refractivity contribution is 7.90. The average molecular weight is 421 g/mol. The number of hydrogen-bond acceptors (Lipinski definition) is 4. The number of aryl methyl sites for hydroxylation is 1. The van der Waals surface area contributed by atoms with Gasteiger partial charge in [0, 0.05) is 17.4 Å². The van der Waals surface area contributed by atoms with E-state index in [4.69, 9.17) is 5.53 Å². The molecule has 3 aromatic rings. The van der Waals surface area contributed by atoms with Crippen LogP contribution in [0.5, 0.6) is 0 Å². The Morgan fingerprint density at radius 3 is 2.41 bits per heavy atom. The van der Waals surface area contributed by atoms with Crippen LogP contribution in [0.4, 0.5) is 18.9 Å². The fourth-order valence-electron chi connectivity index (χ4n) is 2.79. The van der Waals surface area contributed by atoms with Gasteiger partial charge in [0.05, 0.1) is 16.3 Å². The molecule has 0 fully saturated rings. The number of azide groups is 1. The van der Waals surface area contributed by atoms with E-state index < -0.39 is 21.7 Å². The molecule has 0 N–H and O–H groups in total. The molecule has 0 saturated heterocycles. The molecule has 0 radical (unpaired) electrons. The topological polar surface area (TPSA) is 101 Å². The SMILES string of the molecule is Cc1nc(C(F)(F)F)cn1-c1ccc(-c2cccc(S(C)(=O)=O)c2)cc1N=[N+]=[N-]. The smallest absolute Gasteiger partial charge is 0.303 e. The molecule has 29 heavy (non-hydrogen) atoms. The second kappa shape index (κ2) is 7.26. The molecule has 0 bridgehead atoms. The van der Waals surface area contributed by atoms with Crippen molar-refractivity contribution in [3.63, 3.8) is 0 Å². The molecule has 0 saturated carbocycles. The van der Waals surface area contributed by atoms with Crippen LogP contribution in [0.25, 0.3) is 27.3 Å². The van der Waals surface area contributed by atoms with Crippen LogP contribution in [0.2, 0.25) is 0 Å². The maximum atomic E-state index is 13.0. The Bertz CT molecular complexity index is 1240. The summed E-state index contributed by atoms with van der Waals surface area (Å²) in [7, 11) is -3.42. The van der Waals surface area contributed by atoms with Crippen LogP contribution in [-0.4, -0.2) is 24.2 Å². The summed E-state index contributed by atoms with van der Waals surface area (Å²) in [6.45, 7) is 1.40. The molecule has 1 heterocycles. The first kappa shape index (κ1) is 20.4. The predicted octanol–water partition coefficient (Wildman–Crippen LogP) is 5.21. The van der Waals surface area contributed by atoms with Crippen molar-refractivity contribution in [1.82, 2.24) is 9.55 Å². The highest BCUT2D eigenvalue weighted by Gasteiger charge is 2.34. The molecule has 0 aliphatic carbocycles. The van der Waals surface area contributed by atoms with Crippen molar-refractivity contribution in [2.24, 2.45) is 5.11 Å². The van der Waals surface area contributed by atoms with Gasteiger partial charge >= 0.3 is 6.18 Å². The van der Waals surface area contributed by atoms with Gasteiger partial charge in [-0.3, -0.25) is 0 Å². The minimum absolute atomic E-state index is 0.0681. The van der Waals surface area contributed by atoms with Crippen molar-refractivity contribution in [3.05, 3.63) is 70.6 Å². The largest absolute Gasteiger partial charge is 0.434 e. The standard InChI is InChI=1S/C18H14F3N5O2S/c1-11-23-17(18(19,20)21)10-26(11)16-7-6-13(9-15(16)24-25-22)12-4-3-5-14(8-12)29(2,27)28/h3-10H,1-2H3. The molecule has 0 spiro atoms. The molecule has 7 nitrogen and oxygen atoms in total. The fourth-order valence-corrected chi connectivity index (χ4v) is 3.46. The number of halogens is 3. The van der Waals surface area contributed by atoms with Gasteiger partial charge in [-0.05, 0) is 47.8 Å². The molecule has 0 amide bonds. The van der Waals surface area contributed by atoms with Crippen LogP contribution < -0.4 is 0 Å². The van der Waals surface area contributed by atoms with Gasteiger partial charge in [0.15, 0.2) is 15.5 Å². The minimum atomic E-state index is -4.61. The van der Waals surface area contributed by atoms with E-state index in [-0.39, 0.29) is 22.1 Å². The molecular weight excluding hydrogens is 407 g/mol. The highest BCUT2D eigenvalue weighted by atomic mass is 32.2. The van der Waals surface area contributed by atoms with Crippen molar-refractivity contribution < 1.29 is 21.6 Å². The summed E-state index contributed by atoms with van der Waals surface area (Å²) in [5, 5.41) is 3.59. The zero-order valence-electron chi connectivity index (χ0n) is 15.2. The van der Waals surface area contributed by atoms with E-state index in [0.29, 0.717) is 11.1 Å². The lowest BCUT2D eigenvalue weighted by Crippen LogP contribution is -2.05. The third kappa shape index (κ3) is 4.25. The summed E-state index contributed by atoms with van der Waals surface area (Å²) in [6.07, 6.45) is -2.70. The quantitative estimate of drug-likeness (QED) is 0.328. The molecule has 3 rings (SSSR count). The molecule has 1 aromatic heterocycles. The number of hydrogen-bond donors (Lipinski definition) is 0. The number of imidazole rings is 1. The summed E-state index contributed by atoms with van der Waals surface area (Å²) in [5.74, 6) is 0.0681. The zero-order chi connectivity index (χ0) is 21.4. The number of benzene rings is 2. The average Bonchev–Trinajstić information content (AvgIpc) is 3.03. The third-order valence-corrected chi connectivity index (χ3v) is 5.27. The molecule has 0 aliphatic heterocycles. The second-order valence-corrected chi connectivity index (χ2v) is 8.25. The van der Waals surface area contributed by atoms with E-state index >= 15 is 0 Å². The van der Waals surface area contributed by atoms with Crippen LogP contribution in [-0.2, 0) is 16.0 Å². The van der Waals surface area contributed by atoms with Crippen molar-refractivity contribution >= 4 is 15.5 Å². The van der Waals surface area contributed by atoms with Crippen LogP contribution in [0.15, 0.2) is 58.7 Å². The molecule has 11 heteroatoms. The summed E-state index contributed by atoms with van der Waals surface area (Å²) < 4.78 is 63.6. The minimum Gasteiger partial charge on any atom is -0.303 e. The normalized spacial score (nSPS) is 11.9. The van der Waals surface area contributed by atoms with E-state index in [2.05, 4.69) is 15.0 Å². The van der Waals surface area contributed by atoms with Crippen molar-refractivity contribution in [2.75, 3.05) is 6.26 Å². The third-order valence-electron chi connectivity index (χ3n) is 4.16.